The van der Waals surface area contributed by atoms with Crippen molar-refractivity contribution in [2.75, 3.05) is 0 Å². The van der Waals surface area contributed by atoms with E-state index in [9.17, 15) is 9.18 Å². The van der Waals surface area contributed by atoms with Gasteiger partial charge in [-0.15, -0.1) is 5.10 Å². The number of hydrogen-bond donors (Lipinski definition) is 0. The lowest BCUT2D eigenvalue weighted by Gasteiger charge is -2.03. The van der Waals surface area contributed by atoms with E-state index < -0.39 is 0 Å². The van der Waals surface area contributed by atoms with E-state index in [1.165, 1.54) is 6.07 Å². The summed E-state index contributed by atoms with van der Waals surface area (Å²) in [6, 6.07) is 4.59. The summed E-state index contributed by atoms with van der Waals surface area (Å²) in [5.74, 6) is -0.499. The summed E-state index contributed by atoms with van der Waals surface area (Å²) in [7, 11) is 0. The van der Waals surface area contributed by atoms with Gasteiger partial charge in [-0.05, 0) is 41.7 Å². The van der Waals surface area contributed by atoms with E-state index in [0.29, 0.717) is 16.1 Å². The Bertz CT molecular complexity index is 600. The number of carbonyl (C=O) groups excluding carboxylic acids is 1. The van der Waals surface area contributed by atoms with Crippen LogP contribution < -0.4 is 0 Å². The van der Waals surface area contributed by atoms with Crippen LogP contribution >= 0.6 is 27.5 Å². The average molecular weight is 343 g/mol. The van der Waals surface area contributed by atoms with E-state index in [4.69, 9.17) is 0 Å². The Balaban J connectivity index is 2.21. The van der Waals surface area contributed by atoms with E-state index in [0.717, 1.165) is 28.8 Å². The van der Waals surface area contributed by atoms with Crippen molar-refractivity contribution < 1.29 is 9.18 Å². The zero-order valence-electron chi connectivity index (χ0n) is 10.3. The van der Waals surface area contributed by atoms with E-state index >= 15 is 0 Å². The van der Waals surface area contributed by atoms with Gasteiger partial charge in [-0.3, -0.25) is 4.79 Å². The van der Waals surface area contributed by atoms with Gasteiger partial charge in [0.05, 0.1) is 5.69 Å². The molecule has 0 atom stereocenters. The summed E-state index contributed by atoms with van der Waals surface area (Å²) in [5, 5.41) is 3.95. The van der Waals surface area contributed by atoms with Gasteiger partial charge in [-0.1, -0.05) is 33.8 Å². The lowest BCUT2D eigenvalue weighted by molar-refractivity contribution is 0.0994. The number of aromatic nitrogens is 2. The number of halogens is 2. The molecule has 1 aromatic heterocycles. The Hall–Kier alpha value is -1.14. The summed E-state index contributed by atoms with van der Waals surface area (Å²) in [6.07, 6.45) is 1.65. The summed E-state index contributed by atoms with van der Waals surface area (Å²) in [4.78, 5) is 12.7. The molecule has 19 heavy (non-hydrogen) atoms. The van der Waals surface area contributed by atoms with Gasteiger partial charge in [0.25, 0.3) is 0 Å². The molecule has 0 aliphatic rings. The summed E-state index contributed by atoms with van der Waals surface area (Å²) < 4.78 is 18.2. The van der Waals surface area contributed by atoms with Crippen LogP contribution in [-0.4, -0.2) is 15.4 Å². The Morgan fingerprint density at radius 3 is 3.00 bits per heavy atom. The lowest BCUT2D eigenvalue weighted by atomic mass is 10.1. The van der Waals surface area contributed by atoms with Crippen molar-refractivity contribution in [1.29, 1.82) is 0 Å². The van der Waals surface area contributed by atoms with E-state index in [-0.39, 0.29) is 18.0 Å². The maximum Gasteiger partial charge on any atom is 0.180 e. The Kier molecular flexibility index (Phi) is 4.76. The molecule has 100 valence electrons. The van der Waals surface area contributed by atoms with Crippen molar-refractivity contribution in [3.05, 3.63) is 44.6 Å². The van der Waals surface area contributed by atoms with Crippen LogP contribution in [0.4, 0.5) is 4.39 Å². The molecule has 0 saturated carbocycles. The van der Waals surface area contributed by atoms with Crippen molar-refractivity contribution >= 4 is 33.2 Å². The molecule has 2 aromatic rings. The molecule has 0 N–H and O–H groups in total. The predicted octanol–water partition coefficient (Wildman–Crippen LogP) is 3.82. The van der Waals surface area contributed by atoms with Gasteiger partial charge < -0.3 is 0 Å². The van der Waals surface area contributed by atoms with Crippen LogP contribution in [-0.2, 0) is 12.8 Å². The first-order valence-electron chi connectivity index (χ1n) is 5.90. The average Bonchev–Trinajstić information content (AvgIpc) is 2.82. The molecule has 0 saturated heterocycles. The zero-order chi connectivity index (χ0) is 13.8. The van der Waals surface area contributed by atoms with Crippen molar-refractivity contribution in [2.24, 2.45) is 0 Å². The number of nitrogens with zero attached hydrogens (tertiary/aromatic N) is 2. The van der Waals surface area contributed by atoms with E-state index in [1.54, 1.807) is 12.1 Å². The highest BCUT2D eigenvalue weighted by atomic mass is 79.9. The van der Waals surface area contributed by atoms with Gasteiger partial charge in [0.15, 0.2) is 5.78 Å². The van der Waals surface area contributed by atoms with Gasteiger partial charge in [0.1, 0.15) is 10.7 Å². The van der Waals surface area contributed by atoms with Crippen molar-refractivity contribution in [3.8, 4) is 0 Å². The molecule has 0 radical (unpaired) electrons. The number of aryl methyl sites for hydroxylation is 1. The van der Waals surface area contributed by atoms with Crippen LogP contribution in [0, 0.1) is 5.82 Å². The molecule has 0 aliphatic heterocycles. The zero-order valence-corrected chi connectivity index (χ0v) is 12.7. The fourth-order valence-corrected chi connectivity index (χ4v) is 2.80. The SMILES string of the molecule is CCCc1nnsc1C(=O)Cc1cc(Br)ccc1F. The summed E-state index contributed by atoms with van der Waals surface area (Å²) in [5.41, 5.74) is 1.10. The molecular weight excluding hydrogens is 331 g/mol. The molecular formula is C13H12BrFN2OS. The number of rotatable bonds is 5. The van der Waals surface area contributed by atoms with Crippen molar-refractivity contribution in [1.82, 2.24) is 9.59 Å². The number of carbonyl (C=O) groups is 1. The quantitative estimate of drug-likeness (QED) is 0.775. The molecule has 0 spiro atoms. The highest BCUT2D eigenvalue weighted by Crippen LogP contribution is 2.20. The highest BCUT2D eigenvalue weighted by molar-refractivity contribution is 9.10. The van der Waals surface area contributed by atoms with E-state index in [1.807, 2.05) is 6.92 Å². The van der Waals surface area contributed by atoms with Crippen molar-refractivity contribution in [3.63, 3.8) is 0 Å². The van der Waals surface area contributed by atoms with Crippen LogP contribution in [0.15, 0.2) is 22.7 Å². The molecule has 1 heterocycles. The largest absolute Gasteiger partial charge is 0.293 e. The van der Waals surface area contributed by atoms with Gasteiger partial charge in [-0.25, -0.2) is 4.39 Å². The number of hydrogen-bond acceptors (Lipinski definition) is 4. The Morgan fingerprint density at radius 2 is 2.26 bits per heavy atom. The monoisotopic (exact) mass is 342 g/mol. The standard InChI is InChI=1S/C13H12BrFN2OS/c1-2-3-11-13(19-17-16-11)12(18)7-8-6-9(14)4-5-10(8)15/h4-6H,2-3,7H2,1H3. The highest BCUT2D eigenvalue weighted by Gasteiger charge is 2.17. The maximum atomic E-state index is 13.6. The molecule has 0 bridgehead atoms. The molecule has 2 rings (SSSR count). The first-order valence-corrected chi connectivity index (χ1v) is 7.46. The molecule has 3 nitrogen and oxygen atoms in total. The molecule has 0 unspecified atom stereocenters. The van der Waals surface area contributed by atoms with Gasteiger partial charge >= 0.3 is 0 Å². The second kappa shape index (κ2) is 6.34. The van der Waals surface area contributed by atoms with Crippen molar-refractivity contribution in [2.45, 2.75) is 26.2 Å². The maximum absolute atomic E-state index is 13.6. The molecule has 0 amide bonds. The Labute approximate surface area is 123 Å². The summed E-state index contributed by atoms with van der Waals surface area (Å²) in [6.45, 7) is 2.02. The number of Topliss-reactive ketones (excluding diaryl/α,β-unsaturated/α-hetero) is 1. The van der Waals surface area contributed by atoms with Gasteiger partial charge in [-0.2, -0.15) is 0 Å². The fraction of sp³-hybridized carbons (Fsp3) is 0.308. The third kappa shape index (κ3) is 3.45. The first kappa shape index (κ1) is 14.3. The minimum absolute atomic E-state index is 0.0336. The molecule has 0 fully saturated rings. The molecule has 0 aliphatic carbocycles. The van der Waals surface area contributed by atoms with E-state index in [2.05, 4.69) is 25.5 Å². The minimum Gasteiger partial charge on any atom is -0.293 e. The summed E-state index contributed by atoms with van der Waals surface area (Å²) >= 11 is 4.36. The normalized spacial score (nSPS) is 10.7. The second-order valence-corrected chi connectivity index (χ2v) is 5.80. The predicted molar refractivity (Wildman–Crippen MR) is 76.0 cm³/mol. The van der Waals surface area contributed by atoms with Gasteiger partial charge in [0, 0.05) is 10.9 Å². The van der Waals surface area contributed by atoms with Crippen LogP contribution in [0.3, 0.4) is 0 Å². The third-order valence-electron chi connectivity index (χ3n) is 2.65. The minimum atomic E-state index is -0.369. The smallest absolute Gasteiger partial charge is 0.180 e. The van der Waals surface area contributed by atoms with Gasteiger partial charge in [0.2, 0.25) is 0 Å². The number of ketones is 1. The molecule has 6 heteroatoms. The molecule has 1 aromatic carbocycles. The lowest BCUT2D eigenvalue weighted by Crippen LogP contribution is -2.06. The van der Waals surface area contributed by atoms with Crippen LogP contribution in [0.1, 0.15) is 34.3 Å². The van der Waals surface area contributed by atoms with Crippen LogP contribution in [0.5, 0.6) is 0 Å². The number of benzene rings is 1. The second-order valence-electron chi connectivity index (χ2n) is 4.13. The van der Waals surface area contributed by atoms with Crippen LogP contribution in [0.25, 0.3) is 0 Å². The topological polar surface area (TPSA) is 42.9 Å². The van der Waals surface area contributed by atoms with Crippen LogP contribution in [0.2, 0.25) is 0 Å². The fourth-order valence-electron chi connectivity index (χ4n) is 1.75. The Morgan fingerprint density at radius 1 is 1.47 bits per heavy atom. The first-order chi connectivity index (χ1) is 9.11. The third-order valence-corrected chi connectivity index (χ3v) is 3.96.